The Morgan fingerprint density at radius 3 is 2.44 bits per heavy atom. The molecular formula is C19H24N4O2S2. The van der Waals surface area contributed by atoms with Crippen molar-refractivity contribution in [3.05, 3.63) is 47.7 Å². The lowest BCUT2D eigenvalue weighted by Gasteiger charge is -2.37. The Morgan fingerprint density at radius 1 is 1.11 bits per heavy atom. The van der Waals surface area contributed by atoms with E-state index in [1.165, 1.54) is 6.26 Å². The summed E-state index contributed by atoms with van der Waals surface area (Å²) in [5, 5.41) is 3.89. The van der Waals surface area contributed by atoms with E-state index in [0.29, 0.717) is 10.0 Å². The molecule has 27 heavy (non-hydrogen) atoms. The number of hydrogen-bond acceptors (Lipinski definition) is 5. The fourth-order valence-corrected chi connectivity index (χ4v) is 4.12. The van der Waals surface area contributed by atoms with Crippen molar-refractivity contribution in [2.75, 3.05) is 42.7 Å². The second kappa shape index (κ2) is 7.82. The van der Waals surface area contributed by atoms with Gasteiger partial charge in [0.05, 0.1) is 4.90 Å². The normalized spacial score (nSPS) is 14.9. The third-order valence-electron chi connectivity index (χ3n) is 4.51. The van der Waals surface area contributed by atoms with E-state index in [2.05, 4.69) is 20.1 Å². The van der Waals surface area contributed by atoms with Gasteiger partial charge in [-0.2, -0.15) is 0 Å². The molecule has 0 bridgehead atoms. The number of anilines is 2. The van der Waals surface area contributed by atoms with Gasteiger partial charge >= 0.3 is 0 Å². The zero-order chi connectivity index (χ0) is 19.6. The molecule has 0 radical (unpaired) electrons. The summed E-state index contributed by atoms with van der Waals surface area (Å²) in [6.07, 6.45) is 1.23. The van der Waals surface area contributed by atoms with Crippen LogP contribution >= 0.6 is 12.2 Å². The summed E-state index contributed by atoms with van der Waals surface area (Å²) in [5.41, 5.74) is 3.02. The maximum absolute atomic E-state index is 11.8. The van der Waals surface area contributed by atoms with Crippen LogP contribution in [0.3, 0.4) is 0 Å². The van der Waals surface area contributed by atoms with Crippen LogP contribution in [0.1, 0.15) is 11.3 Å². The number of hydrogen-bond donors (Lipinski definition) is 1. The predicted molar refractivity (Wildman–Crippen MR) is 113 cm³/mol. The van der Waals surface area contributed by atoms with Gasteiger partial charge in [0.2, 0.25) is 0 Å². The molecule has 0 spiro atoms. The van der Waals surface area contributed by atoms with Gasteiger partial charge < -0.3 is 15.1 Å². The average Bonchev–Trinajstić information content (AvgIpc) is 2.60. The number of benzene rings is 1. The lowest BCUT2D eigenvalue weighted by Crippen LogP contribution is -2.50. The molecule has 0 saturated carbocycles. The van der Waals surface area contributed by atoms with E-state index in [1.807, 2.05) is 32.0 Å². The van der Waals surface area contributed by atoms with Crippen LogP contribution in [0.25, 0.3) is 0 Å². The van der Waals surface area contributed by atoms with Gasteiger partial charge in [-0.05, 0) is 62.0 Å². The zero-order valence-corrected chi connectivity index (χ0v) is 17.4. The number of piperazine rings is 1. The Balaban J connectivity index is 1.62. The highest BCUT2D eigenvalue weighted by Gasteiger charge is 2.20. The minimum Gasteiger partial charge on any atom is -0.368 e. The molecule has 0 unspecified atom stereocenters. The molecule has 0 aliphatic carbocycles. The van der Waals surface area contributed by atoms with Crippen LogP contribution in [-0.2, 0) is 9.84 Å². The number of rotatable bonds is 3. The van der Waals surface area contributed by atoms with Crippen LogP contribution in [0.2, 0.25) is 0 Å². The molecule has 1 aromatic heterocycles. The number of thiocarbonyl (C=S) groups is 1. The van der Waals surface area contributed by atoms with Crippen molar-refractivity contribution in [3.63, 3.8) is 0 Å². The molecule has 2 heterocycles. The van der Waals surface area contributed by atoms with E-state index in [4.69, 9.17) is 12.2 Å². The quantitative estimate of drug-likeness (QED) is 0.789. The number of nitrogens with zero attached hydrogens (tertiary/aromatic N) is 3. The van der Waals surface area contributed by atoms with Crippen molar-refractivity contribution in [3.8, 4) is 0 Å². The highest BCUT2D eigenvalue weighted by Crippen LogP contribution is 2.21. The van der Waals surface area contributed by atoms with Crippen LogP contribution in [0, 0.1) is 13.8 Å². The first-order chi connectivity index (χ1) is 12.7. The van der Waals surface area contributed by atoms with Gasteiger partial charge in [0.15, 0.2) is 14.9 Å². The third kappa shape index (κ3) is 4.95. The van der Waals surface area contributed by atoms with Gasteiger partial charge in [0.1, 0.15) is 5.82 Å². The summed E-state index contributed by atoms with van der Waals surface area (Å²) in [6, 6.07) is 11.1. The summed E-state index contributed by atoms with van der Waals surface area (Å²) < 4.78 is 23.5. The lowest BCUT2D eigenvalue weighted by atomic mass is 10.2. The molecule has 6 nitrogen and oxygen atoms in total. The van der Waals surface area contributed by atoms with Gasteiger partial charge in [-0.15, -0.1) is 0 Å². The van der Waals surface area contributed by atoms with E-state index in [0.717, 1.165) is 48.9 Å². The molecule has 1 saturated heterocycles. The number of aryl methyl sites for hydroxylation is 2. The van der Waals surface area contributed by atoms with Gasteiger partial charge in [-0.25, -0.2) is 13.4 Å². The minimum atomic E-state index is -3.20. The van der Waals surface area contributed by atoms with Gasteiger partial charge in [-0.1, -0.05) is 6.07 Å². The predicted octanol–water partition coefficient (Wildman–Crippen LogP) is 2.62. The maximum atomic E-state index is 11.8. The summed E-state index contributed by atoms with van der Waals surface area (Å²) in [6.45, 7) is 7.07. The van der Waals surface area contributed by atoms with Crippen molar-refractivity contribution in [1.82, 2.24) is 9.88 Å². The average molecular weight is 405 g/mol. The Hall–Kier alpha value is -2.19. The molecule has 0 amide bonds. The minimum absolute atomic E-state index is 0.348. The Kier molecular flexibility index (Phi) is 5.67. The van der Waals surface area contributed by atoms with E-state index >= 15 is 0 Å². The monoisotopic (exact) mass is 404 g/mol. The molecular weight excluding hydrogens is 380 g/mol. The Bertz CT molecular complexity index is 932. The molecule has 1 N–H and O–H groups in total. The highest BCUT2D eigenvalue weighted by molar-refractivity contribution is 7.90. The summed E-state index contributed by atoms with van der Waals surface area (Å²) in [7, 11) is -3.20. The molecule has 0 atom stereocenters. The van der Waals surface area contributed by atoms with Gasteiger partial charge in [-0.3, -0.25) is 0 Å². The first-order valence-electron chi connectivity index (χ1n) is 8.79. The third-order valence-corrected chi connectivity index (χ3v) is 5.98. The second-order valence-corrected chi connectivity index (χ2v) is 9.25. The van der Waals surface area contributed by atoms with Gasteiger partial charge in [0, 0.05) is 43.8 Å². The maximum Gasteiger partial charge on any atom is 0.175 e. The van der Waals surface area contributed by atoms with Crippen LogP contribution in [-0.4, -0.2) is 55.8 Å². The fourth-order valence-electron chi connectivity index (χ4n) is 3.17. The summed E-state index contributed by atoms with van der Waals surface area (Å²) in [4.78, 5) is 9.12. The van der Waals surface area contributed by atoms with E-state index in [-0.39, 0.29) is 0 Å². The fraction of sp³-hybridized carbons (Fsp3) is 0.368. The number of nitrogens with one attached hydrogen (secondary N) is 1. The van der Waals surface area contributed by atoms with Crippen molar-refractivity contribution in [2.24, 2.45) is 0 Å². The standard InChI is InChI=1S/C19H24N4O2S2/c1-14-11-15(2)20-18(12-14)21-19(26)23-9-7-22(8-10-23)16-5-4-6-17(13-16)27(3,24)25/h4-6,11-13H,7-10H2,1-3H3,(H,20,21,26). The molecule has 1 aliphatic rings. The number of aromatic nitrogens is 1. The Morgan fingerprint density at radius 2 is 1.81 bits per heavy atom. The van der Waals surface area contributed by atoms with Crippen molar-refractivity contribution in [1.29, 1.82) is 0 Å². The molecule has 8 heteroatoms. The van der Waals surface area contributed by atoms with Gasteiger partial charge in [0.25, 0.3) is 0 Å². The summed E-state index contributed by atoms with van der Waals surface area (Å²) >= 11 is 5.54. The van der Waals surface area contributed by atoms with E-state index < -0.39 is 9.84 Å². The molecule has 1 aliphatic heterocycles. The first-order valence-corrected chi connectivity index (χ1v) is 11.1. The van der Waals surface area contributed by atoms with Crippen molar-refractivity contribution >= 4 is 38.7 Å². The zero-order valence-electron chi connectivity index (χ0n) is 15.8. The topological polar surface area (TPSA) is 65.5 Å². The SMILES string of the molecule is Cc1cc(C)nc(NC(=S)N2CCN(c3cccc(S(C)(=O)=O)c3)CC2)c1. The molecule has 1 aromatic carbocycles. The van der Waals surface area contributed by atoms with E-state index in [1.54, 1.807) is 18.2 Å². The van der Waals surface area contributed by atoms with Crippen molar-refractivity contribution < 1.29 is 8.42 Å². The number of pyridine rings is 1. The first kappa shape index (κ1) is 19.6. The molecule has 2 aromatic rings. The largest absolute Gasteiger partial charge is 0.368 e. The molecule has 144 valence electrons. The number of sulfone groups is 1. The smallest absolute Gasteiger partial charge is 0.175 e. The molecule has 3 rings (SSSR count). The molecule has 1 fully saturated rings. The van der Waals surface area contributed by atoms with Crippen LogP contribution in [0.4, 0.5) is 11.5 Å². The van der Waals surface area contributed by atoms with E-state index in [9.17, 15) is 8.42 Å². The second-order valence-electron chi connectivity index (χ2n) is 6.84. The van der Waals surface area contributed by atoms with Crippen molar-refractivity contribution in [2.45, 2.75) is 18.7 Å². The summed E-state index contributed by atoms with van der Waals surface area (Å²) in [5.74, 6) is 0.765. The van der Waals surface area contributed by atoms with Crippen LogP contribution < -0.4 is 10.2 Å². The highest BCUT2D eigenvalue weighted by atomic mass is 32.2. The Labute approximate surface area is 166 Å². The lowest BCUT2D eigenvalue weighted by molar-refractivity contribution is 0.390. The van der Waals surface area contributed by atoms with Crippen LogP contribution in [0.5, 0.6) is 0 Å². The van der Waals surface area contributed by atoms with Crippen LogP contribution in [0.15, 0.2) is 41.3 Å².